The van der Waals surface area contributed by atoms with E-state index in [1.54, 1.807) is 29.2 Å². The fourth-order valence-electron chi connectivity index (χ4n) is 1.52. The summed E-state index contributed by atoms with van der Waals surface area (Å²) in [4.78, 5) is 14.0. The molecule has 1 aromatic rings. The standard InChI is InChI=1S/C12H11NO2S2/c1-2-13-11(15)10(17-12(13)16)7-8-5-3-4-6-9(8)14/h3-7,14H,2H2,1H3/b10-7-. The molecule has 0 bridgehead atoms. The molecule has 0 atom stereocenters. The van der Waals surface area contributed by atoms with Crippen molar-refractivity contribution in [2.45, 2.75) is 6.92 Å². The van der Waals surface area contributed by atoms with Crippen LogP contribution in [0.1, 0.15) is 12.5 Å². The zero-order valence-corrected chi connectivity index (χ0v) is 10.8. The number of carbonyl (C=O) groups excluding carboxylic acids is 1. The number of thioether (sulfide) groups is 1. The third-order valence-corrected chi connectivity index (χ3v) is 3.79. The number of carbonyl (C=O) groups is 1. The summed E-state index contributed by atoms with van der Waals surface area (Å²) in [5.41, 5.74) is 0.629. The number of nitrogens with zero attached hydrogens (tertiary/aromatic N) is 1. The molecule has 3 nitrogen and oxygen atoms in total. The number of thiocarbonyl (C=S) groups is 1. The Balaban J connectivity index is 2.34. The van der Waals surface area contributed by atoms with Gasteiger partial charge in [0, 0.05) is 12.1 Å². The molecule has 5 heteroatoms. The van der Waals surface area contributed by atoms with Crippen LogP contribution in [0.3, 0.4) is 0 Å². The van der Waals surface area contributed by atoms with Crippen LogP contribution < -0.4 is 0 Å². The second-order valence-electron chi connectivity index (χ2n) is 3.48. The second-order valence-corrected chi connectivity index (χ2v) is 5.16. The summed E-state index contributed by atoms with van der Waals surface area (Å²) in [6.45, 7) is 2.45. The first-order valence-corrected chi connectivity index (χ1v) is 6.39. The van der Waals surface area contributed by atoms with Gasteiger partial charge in [0.1, 0.15) is 10.1 Å². The SMILES string of the molecule is CCN1C(=O)/C(=C/c2ccccc2O)SC1=S. The lowest BCUT2D eigenvalue weighted by molar-refractivity contribution is -0.121. The zero-order valence-electron chi connectivity index (χ0n) is 9.21. The van der Waals surface area contributed by atoms with Crippen LogP contribution in [0.15, 0.2) is 29.2 Å². The highest BCUT2D eigenvalue weighted by atomic mass is 32.2. The summed E-state index contributed by atoms with van der Waals surface area (Å²) in [6, 6.07) is 6.90. The van der Waals surface area contributed by atoms with Gasteiger partial charge in [-0.1, -0.05) is 42.2 Å². The maximum absolute atomic E-state index is 11.9. The molecular weight excluding hydrogens is 254 g/mol. The van der Waals surface area contributed by atoms with Crippen LogP contribution in [-0.4, -0.2) is 26.8 Å². The first-order valence-electron chi connectivity index (χ1n) is 5.17. The van der Waals surface area contributed by atoms with Crippen LogP contribution in [0.5, 0.6) is 5.75 Å². The van der Waals surface area contributed by atoms with Crippen molar-refractivity contribution in [2.24, 2.45) is 0 Å². The van der Waals surface area contributed by atoms with Crippen LogP contribution in [-0.2, 0) is 4.79 Å². The summed E-state index contributed by atoms with van der Waals surface area (Å²) in [5, 5.41) is 9.63. The van der Waals surface area contributed by atoms with Gasteiger partial charge in [0.05, 0.1) is 4.91 Å². The highest BCUT2D eigenvalue weighted by molar-refractivity contribution is 8.26. The molecule has 1 aromatic carbocycles. The monoisotopic (exact) mass is 265 g/mol. The number of phenols is 1. The maximum Gasteiger partial charge on any atom is 0.266 e. The second kappa shape index (κ2) is 4.89. The van der Waals surface area contributed by atoms with Crippen molar-refractivity contribution >= 4 is 40.3 Å². The van der Waals surface area contributed by atoms with E-state index in [2.05, 4.69) is 0 Å². The number of hydrogen-bond acceptors (Lipinski definition) is 4. The largest absolute Gasteiger partial charge is 0.507 e. The molecule has 1 amide bonds. The van der Waals surface area contributed by atoms with E-state index >= 15 is 0 Å². The van der Waals surface area contributed by atoms with Gasteiger partial charge in [0.25, 0.3) is 5.91 Å². The highest BCUT2D eigenvalue weighted by Gasteiger charge is 2.30. The third-order valence-electron chi connectivity index (χ3n) is 2.41. The molecule has 1 fully saturated rings. The number of rotatable bonds is 2. The first kappa shape index (κ1) is 12.1. The van der Waals surface area contributed by atoms with Crippen LogP contribution in [0.4, 0.5) is 0 Å². The number of amides is 1. The third kappa shape index (κ3) is 2.35. The van der Waals surface area contributed by atoms with E-state index in [9.17, 15) is 9.90 Å². The van der Waals surface area contributed by atoms with E-state index in [1.807, 2.05) is 13.0 Å². The fourth-order valence-corrected chi connectivity index (χ4v) is 2.90. The zero-order chi connectivity index (χ0) is 12.4. The molecule has 0 spiro atoms. The smallest absolute Gasteiger partial charge is 0.266 e. The lowest BCUT2D eigenvalue weighted by Gasteiger charge is -2.09. The number of aromatic hydroxyl groups is 1. The van der Waals surface area contributed by atoms with E-state index in [4.69, 9.17) is 12.2 Å². The van der Waals surface area contributed by atoms with E-state index < -0.39 is 0 Å². The molecule has 0 aromatic heterocycles. The van der Waals surface area contributed by atoms with Crippen molar-refractivity contribution in [1.29, 1.82) is 0 Å². The Kier molecular flexibility index (Phi) is 3.49. The van der Waals surface area contributed by atoms with Gasteiger partial charge in [-0.05, 0) is 19.1 Å². The molecule has 1 aliphatic heterocycles. The Labute approximate surface area is 109 Å². The molecule has 0 radical (unpaired) electrons. The fraction of sp³-hybridized carbons (Fsp3) is 0.167. The minimum Gasteiger partial charge on any atom is -0.507 e. The molecular formula is C12H11NO2S2. The van der Waals surface area contributed by atoms with Crippen LogP contribution in [0.2, 0.25) is 0 Å². The molecule has 1 saturated heterocycles. The van der Waals surface area contributed by atoms with E-state index in [0.29, 0.717) is 21.3 Å². The average Bonchev–Trinajstić information content (AvgIpc) is 2.57. The topological polar surface area (TPSA) is 40.5 Å². The summed E-state index contributed by atoms with van der Waals surface area (Å²) in [7, 11) is 0. The molecule has 1 heterocycles. The highest BCUT2D eigenvalue weighted by Crippen LogP contribution is 2.33. The average molecular weight is 265 g/mol. The van der Waals surface area contributed by atoms with Gasteiger partial charge >= 0.3 is 0 Å². The normalized spacial score (nSPS) is 18.2. The lowest BCUT2D eigenvalue weighted by Crippen LogP contribution is -2.27. The van der Waals surface area contributed by atoms with Gasteiger partial charge in [-0.3, -0.25) is 9.69 Å². The van der Waals surface area contributed by atoms with Gasteiger partial charge in [-0.25, -0.2) is 0 Å². The van der Waals surface area contributed by atoms with Crippen molar-refractivity contribution in [3.8, 4) is 5.75 Å². The van der Waals surface area contributed by atoms with Gasteiger partial charge in [-0.15, -0.1) is 0 Å². The summed E-state index contributed by atoms with van der Waals surface area (Å²) >= 11 is 6.38. The predicted molar refractivity (Wildman–Crippen MR) is 73.7 cm³/mol. The number of para-hydroxylation sites is 1. The number of hydrogen-bond donors (Lipinski definition) is 1. The molecule has 17 heavy (non-hydrogen) atoms. The van der Waals surface area contributed by atoms with Crippen molar-refractivity contribution in [3.63, 3.8) is 0 Å². The molecule has 2 rings (SSSR count). The molecule has 1 aliphatic rings. The summed E-state index contributed by atoms with van der Waals surface area (Å²) < 4.78 is 0.569. The minimum atomic E-state index is -0.0919. The molecule has 0 unspecified atom stereocenters. The number of phenolic OH excluding ortho intramolecular Hbond substituents is 1. The van der Waals surface area contributed by atoms with Crippen molar-refractivity contribution in [3.05, 3.63) is 34.7 Å². The van der Waals surface area contributed by atoms with Gasteiger partial charge in [-0.2, -0.15) is 0 Å². The number of likely N-dealkylation sites (N-methyl/N-ethyl adjacent to an activating group) is 1. The Hall–Kier alpha value is -1.33. The van der Waals surface area contributed by atoms with Crippen LogP contribution >= 0.6 is 24.0 Å². The van der Waals surface area contributed by atoms with Crippen molar-refractivity contribution < 1.29 is 9.90 Å². The van der Waals surface area contributed by atoms with E-state index in [-0.39, 0.29) is 11.7 Å². The Bertz CT molecular complexity index is 511. The molecule has 88 valence electrons. The van der Waals surface area contributed by atoms with Crippen LogP contribution in [0, 0.1) is 0 Å². The van der Waals surface area contributed by atoms with Crippen LogP contribution in [0.25, 0.3) is 6.08 Å². The van der Waals surface area contributed by atoms with Gasteiger partial charge in [0.15, 0.2) is 0 Å². The predicted octanol–water partition coefficient (Wildman–Crippen LogP) is 2.61. The maximum atomic E-state index is 11.9. The Morgan fingerprint density at radius 1 is 1.47 bits per heavy atom. The Morgan fingerprint density at radius 3 is 2.76 bits per heavy atom. The minimum absolute atomic E-state index is 0.0919. The lowest BCUT2D eigenvalue weighted by atomic mass is 10.2. The van der Waals surface area contributed by atoms with E-state index in [1.165, 1.54) is 11.8 Å². The molecule has 1 N–H and O–H groups in total. The molecule has 0 saturated carbocycles. The van der Waals surface area contributed by atoms with E-state index in [0.717, 1.165) is 0 Å². The first-order chi connectivity index (χ1) is 8.13. The number of benzene rings is 1. The quantitative estimate of drug-likeness (QED) is 0.659. The Morgan fingerprint density at radius 2 is 2.18 bits per heavy atom. The van der Waals surface area contributed by atoms with Gasteiger partial charge < -0.3 is 5.11 Å². The van der Waals surface area contributed by atoms with Gasteiger partial charge in [0.2, 0.25) is 0 Å². The summed E-state index contributed by atoms with van der Waals surface area (Å²) in [6.07, 6.45) is 1.67. The van der Waals surface area contributed by atoms with Crippen molar-refractivity contribution in [1.82, 2.24) is 4.90 Å². The van der Waals surface area contributed by atoms with Crippen molar-refractivity contribution in [2.75, 3.05) is 6.54 Å². The summed E-state index contributed by atoms with van der Waals surface area (Å²) in [5.74, 6) is 0.0695. The molecule has 0 aliphatic carbocycles.